The molecule has 1 unspecified atom stereocenters. The number of halogens is 5. The van der Waals surface area contributed by atoms with Crippen molar-refractivity contribution in [3.8, 4) is 5.75 Å². The molecule has 2 fully saturated rings. The first-order chi connectivity index (χ1) is 20.7. The summed E-state index contributed by atoms with van der Waals surface area (Å²) < 4.78 is 82.5. The predicted molar refractivity (Wildman–Crippen MR) is 167 cm³/mol. The quantitative estimate of drug-likeness (QED) is 0.138. The van der Waals surface area contributed by atoms with Crippen molar-refractivity contribution in [3.05, 3.63) is 29.3 Å². The average molecular weight is 663 g/mol. The van der Waals surface area contributed by atoms with Gasteiger partial charge in [-0.05, 0) is 129 Å². The Bertz CT molecular complexity index is 1240. The van der Waals surface area contributed by atoms with Gasteiger partial charge in [-0.2, -0.15) is 22.0 Å². The number of benzene rings is 1. The third-order valence-corrected chi connectivity index (χ3v) is 13.3. The van der Waals surface area contributed by atoms with Crippen LogP contribution in [0.5, 0.6) is 5.75 Å². The lowest BCUT2D eigenvalue weighted by Crippen LogP contribution is -2.47. The maximum Gasteiger partial charge on any atom is 0.453 e. The number of carbonyl (C=O) groups excluding carboxylic acids is 1. The number of alkyl halides is 5. The number of fused-ring (bicyclic) bond motifs is 5. The molecule has 1 N–H and O–H groups in total. The standard InChI is InChI=1S/C35H51F5O4S/c1-7-29(42)44-24-9-10-25-23(20-24)19-22(30-26(25)14-17-33(6)27(30)11-12-28(33)41)13-16-31(2,3)21-32(4,5)45(43)18-8-15-34(36,37)35(38,39)40/h9-10,20,22,26-28,30,41H,7-8,11-19,21H2,1-6H3/t22-,26-,27+,28+,30-,33+,45?/m1/s1. The lowest BCUT2D eigenvalue weighted by molar-refractivity contribution is -0.284. The lowest BCUT2D eigenvalue weighted by Gasteiger charge is -2.53. The molecule has 3 aliphatic carbocycles. The van der Waals surface area contributed by atoms with Crippen molar-refractivity contribution in [2.75, 3.05) is 5.75 Å². The van der Waals surface area contributed by atoms with Crippen LogP contribution in [0.3, 0.4) is 0 Å². The molecule has 0 amide bonds. The molecular weight excluding hydrogens is 611 g/mol. The topological polar surface area (TPSA) is 63.6 Å². The summed E-state index contributed by atoms with van der Waals surface area (Å²) in [4.78, 5) is 12.0. The Morgan fingerprint density at radius 3 is 2.40 bits per heavy atom. The number of rotatable bonds is 12. The number of hydrogen-bond donors (Lipinski definition) is 1. The molecule has 1 aromatic carbocycles. The molecule has 0 saturated heterocycles. The number of hydrogen-bond acceptors (Lipinski definition) is 4. The first-order valence-corrected chi connectivity index (χ1v) is 17.9. The molecule has 2 saturated carbocycles. The van der Waals surface area contributed by atoms with E-state index in [1.54, 1.807) is 6.92 Å². The molecule has 4 nitrogen and oxygen atoms in total. The van der Waals surface area contributed by atoms with Gasteiger partial charge in [-0.25, -0.2) is 0 Å². The minimum Gasteiger partial charge on any atom is -0.427 e. The molecule has 0 aromatic heterocycles. The first kappa shape index (κ1) is 36.3. The second-order valence-electron chi connectivity index (χ2n) is 15.6. The van der Waals surface area contributed by atoms with Crippen LogP contribution in [0, 0.1) is 28.6 Å². The molecular formula is C35H51F5O4S. The molecule has 10 heteroatoms. The molecule has 0 aliphatic heterocycles. The monoisotopic (exact) mass is 662 g/mol. The zero-order valence-electron chi connectivity index (χ0n) is 27.6. The molecule has 45 heavy (non-hydrogen) atoms. The van der Waals surface area contributed by atoms with Crippen molar-refractivity contribution in [2.24, 2.45) is 28.6 Å². The molecule has 7 atom stereocenters. The van der Waals surface area contributed by atoms with Gasteiger partial charge < -0.3 is 9.84 Å². The van der Waals surface area contributed by atoms with Gasteiger partial charge in [-0.1, -0.05) is 33.8 Å². The Balaban J connectivity index is 1.48. The molecule has 4 rings (SSSR count). The number of aliphatic hydroxyl groups excluding tert-OH is 1. The van der Waals surface area contributed by atoms with E-state index in [0.717, 1.165) is 44.9 Å². The summed E-state index contributed by atoms with van der Waals surface area (Å²) in [5.74, 6) is -3.18. The summed E-state index contributed by atoms with van der Waals surface area (Å²) >= 11 is 0. The van der Waals surface area contributed by atoms with E-state index in [1.807, 2.05) is 26.0 Å². The summed E-state index contributed by atoms with van der Waals surface area (Å²) in [6, 6.07) is 6.04. The third kappa shape index (κ3) is 7.79. The number of carbonyl (C=O) groups is 1. The predicted octanol–water partition coefficient (Wildman–Crippen LogP) is 9.15. The van der Waals surface area contributed by atoms with Crippen LogP contribution in [-0.2, 0) is 22.0 Å². The summed E-state index contributed by atoms with van der Waals surface area (Å²) in [6.45, 7) is 11.9. The Hall–Kier alpha value is -1.55. The Morgan fingerprint density at radius 2 is 1.76 bits per heavy atom. The minimum atomic E-state index is -5.60. The number of esters is 1. The van der Waals surface area contributed by atoms with Gasteiger partial charge in [0.25, 0.3) is 0 Å². The summed E-state index contributed by atoms with van der Waals surface area (Å²) in [5, 5.41) is 11.0. The summed E-state index contributed by atoms with van der Waals surface area (Å²) in [5.41, 5.74) is 2.17. The van der Waals surface area contributed by atoms with Crippen molar-refractivity contribution in [1.82, 2.24) is 0 Å². The van der Waals surface area contributed by atoms with E-state index in [0.29, 0.717) is 42.3 Å². The molecule has 0 heterocycles. The fourth-order valence-corrected chi connectivity index (χ4v) is 10.5. The highest BCUT2D eigenvalue weighted by Crippen LogP contribution is 2.63. The van der Waals surface area contributed by atoms with Gasteiger partial charge in [0.2, 0.25) is 0 Å². The molecule has 1 aromatic rings. The average Bonchev–Trinajstić information content (AvgIpc) is 3.24. The number of ether oxygens (including phenoxy) is 1. The van der Waals surface area contributed by atoms with Crippen molar-refractivity contribution < 1.29 is 40.8 Å². The van der Waals surface area contributed by atoms with Crippen LogP contribution in [0.25, 0.3) is 0 Å². The third-order valence-electron chi connectivity index (χ3n) is 11.3. The van der Waals surface area contributed by atoms with E-state index < -0.39 is 40.5 Å². The molecule has 0 spiro atoms. The van der Waals surface area contributed by atoms with Crippen molar-refractivity contribution >= 4 is 16.8 Å². The first-order valence-electron chi connectivity index (χ1n) is 16.6. The van der Waals surface area contributed by atoms with Gasteiger partial charge in [-0.3, -0.25) is 9.00 Å². The van der Waals surface area contributed by atoms with Crippen LogP contribution in [0.2, 0.25) is 0 Å². The van der Waals surface area contributed by atoms with E-state index in [-0.39, 0.29) is 28.7 Å². The van der Waals surface area contributed by atoms with Crippen molar-refractivity contribution in [1.29, 1.82) is 0 Å². The van der Waals surface area contributed by atoms with Gasteiger partial charge in [0.15, 0.2) is 0 Å². The van der Waals surface area contributed by atoms with E-state index >= 15 is 0 Å². The largest absolute Gasteiger partial charge is 0.453 e. The van der Waals surface area contributed by atoms with Crippen LogP contribution in [-0.4, -0.2) is 44.0 Å². The number of aliphatic hydroxyl groups is 1. The zero-order valence-corrected chi connectivity index (χ0v) is 28.4. The maximum absolute atomic E-state index is 13.4. The summed E-state index contributed by atoms with van der Waals surface area (Å²) in [6.07, 6.45) is -0.519. The minimum absolute atomic E-state index is 0.106. The molecule has 0 radical (unpaired) electrons. The van der Waals surface area contributed by atoms with Gasteiger partial charge in [-0.15, -0.1) is 0 Å². The fraction of sp³-hybridized carbons (Fsp3) is 0.800. The van der Waals surface area contributed by atoms with Gasteiger partial charge in [0.05, 0.1) is 6.10 Å². The van der Waals surface area contributed by atoms with Gasteiger partial charge in [0.1, 0.15) is 5.75 Å². The van der Waals surface area contributed by atoms with Crippen molar-refractivity contribution in [2.45, 2.75) is 141 Å². The highest BCUT2D eigenvalue weighted by Gasteiger charge is 2.57. The smallest absolute Gasteiger partial charge is 0.427 e. The Morgan fingerprint density at radius 1 is 1.07 bits per heavy atom. The van der Waals surface area contributed by atoms with Crippen LogP contribution >= 0.6 is 0 Å². The zero-order chi connectivity index (χ0) is 33.6. The molecule has 256 valence electrons. The van der Waals surface area contributed by atoms with Crippen LogP contribution in [0.15, 0.2) is 18.2 Å². The van der Waals surface area contributed by atoms with Crippen LogP contribution in [0.1, 0.15) is 123 Å². The highest BCUT2D eigenvalue weighted by atomic mass is 32.2. The van der Waals surface area contributed by atoms with E-state index in [1.165, 1.54) is 11.1 Å². The van der Waals surface area contributed by atoms with E-state index in [2.05, 4.69) is 26.8 Å². The second kappa shape index (κ2) is 13.2. The fourth-order valence-electron chi connectivity index (χ4n) is 9.03. The summed E-state index contributed by atoms with van der Waals surface area (Å²) in [7, 11) is -1.57. The van der Waals surface area contributed by atoms with Gasteiger partial charge in [0, 0.05) is 34.1 Å². The molecule has 3 aliphatic rings. The SMILES string of the molecule is CCC(=O)Oc1ccc2c(c1)C[C@@H](CCC(C)(C)CC(C)(C)S(=O)CCCC(F)(F)C(F)(F)F)[C@@H]1[C@@H]2CC[C@]2(C)[C@@H](O)CC[C@@H]12. The van der Waals surface area contributed by atoms with Crippen molar-refractivity contribution in [3.63, 3.8) is 0 Å². The van der Waals surface area contributed by atoms with E-state index in [4.69, 9.17) is 4.74 Å². The Labute approximate surface area is 267 Å². The van der Waals surface area contributed by atoms with Gasteiger partial charge >= 0.3 is 18.1 Å². The normalized spacial score (nSPS) is 29.5. The molecule has 0 bridgehead atoms. The van der Waals surface area contributed by atoms with Crippen LogP contribution in [0.4, 0.5) is 22.0 Å². The Kier molecular flexibility index (Phi) is 10.6. The second-order valence-corrected chi connectivity index (χ2v) is 17.8. The van der Waals surface area contributed by atoms with Crippen LogP contribution < -0.4 is 4.74 Å². The highest BCUT2D eigenvalue weighted by molar-refractivity contribution is 7.86. The van der Waals surface area contributed by atoms with E-state index in [9.17, 15) is 36.1 Å². The maximum atomic E-state index is 13.4. The lowest BCUT2D eigenvalue weighted by atomic mass is 9.52.